The van der Waals surface area contributed by atoms with Crippen molar-refractivity contribution >= 4 is 23.2 Å². The topological polar surface area (TPSA) is 52.6 Å². The Bertz CT molecular complexity index is 754. The summed E-state index contributed by atoms with van der Waals surface area (Å²) < 4.78 is 13.6. The van der Waals surface area contributed by atoms with E-state index in [1.54, 1.807) is 36.4 Å². The Labute approximate surface area is 144 Å². The third kappa shape index (κ3) is 3.68. The van der Waals surface area contributed by atoms with E-state index in [0.717, 1.165) is 18.7 Å². The minimum atomic E-state index is -0.442. The Balaban J connectivity index is 1.63. The summed E-state index contributed by atoms with van der Waals surface area (Å²) in [6.07, 6.45) is 0.787. The standard InChI is InChI=1S/C18H18ClFN2O2/c19-16-5-4-15(9-17(16)20)22-7-6-14(10-22)21-18(24)13-3-1-2-12(8-13)11-23/h1-5,8-9,14,23H,6-7,10-11H2,(H,21,24)/t14-/m0/s1. The largest absolute Gasteiger partial charge is 0.392 e. The Morgan fingerprint density at radius 2 is 2.17 bits per heavy atom. The van der Waals surface area contributed by atoms with E-state index in [2.05, 4.69) is 5.32 Å². The number of hydrogen-bond acceptors (Lipinski definition) is 3. The van der Waals surface area contributed by atoms with Gasteiger partial charge in [-0.25, -0.2) is 4.39 Å². The van der Waals surface area contributed by atoms with Crippen molar-refractivity contribution in [1.82, 2.24) is 5.32 Å². The lowest BCUT2D eigenvalue weighted by atomic mass is 10.1. The highest BCUT2D eigenvalue weighted by atomic mass is 35.5. The highest BCUT2D eigenvalue weighted by Crippen LogP contribution is 2.25. The van der Waals surface area contributed by atoms with E-state index >= 15 is 0 Å². The molecule has 1 atom stereocenters. The molecule has 0 bridgehead atoms. The quantitative estimate of drug-likeness (QED) is 0.893. The summed E-state index contributed by atoms with van der Waals surface area (Å²) in [5, 5.41) is 12.2. The molecular formula is C18H18ClFN2O2. The lowest BCUT2D eigenvalue weighted by Gasteiger charge is -2.19. The zero-order valence-corrected chi connectivity index (χ0v) is 13.8. The number of hydrogen-bond donors (Lipinski definition) is 2. The van der Waals surface area contributed by atoms with Crippen LogP contribution >= 0.6 is 11.6 Å². The summed E-state index contributed by atoms with van der Waals surface area (Å²) in [6.45, 7) is 1.26. The maximum Gasteiger partial charge on any atom is 0.251 e. The van der Waals surface area contributed by atoms with E-state index in [0.29, 0.717) is 17.7 Å². The van der Waals surface area contributed by atoms with Crippen molar-refractivity contribution in [1.29, 1.82) is 0 Å². The molecular weight excluding hydrogens is 331 g/mol. The first kappa shape index (κ1) is 16.7. The molecule has 2 N–H and O–H groups in total. The highest BCUT2D eigenvalue weighted by molar-refractivity contribution is 6.30. The molecule has 1 heterocycles. The minimum absolute atomic E-state index is 0.00554. The molecule has 1 saturated heterocycles. The van der Waals surface area contributed by atoms with Crippen molar-refractivity contribution in [3.63, 3.8) is 0 Å². The molecule has 2 aromatic carbocycles. The molecule has 126 valence electrons. The van der Waals surface area contributed by atoms with Gasteiger partial charge in [-0.1, -0.05) is 23.7 Å². The fourth-order valence-corrected chi connectivity index (χ4v) is 2.99. The summed E-state index contributed by atoms with van der Waals surface area (Å²) in [5.41, 5.74) is 1.99. The molecule has 2 aromatic rings. The molecule has 0 saturated carbocycles. The highest BCUT2D eigenvalue weighted by Gasteiger charge is 2.25. The normalized spacial score (nSPS) is 17.1. The van der Waals surface area contributed by atoms with Crippen LogP contribution in [0.2, 0.25) is 5.02 Å². The minimum Gasteiger partial charge on any atom is -0.392 e. The first-order valence-electron chi connectivity index (χ1n) is 7.77. The average molecular weight is 349 g/mol. The van der Waals surface area contributed by atoms with Crippen LogP contribution in [0.4, 0.5) is 10.1 Å². The summed E-state index contributed by atoms with van der Waals surface area (Å²) in [7, 11) is 0. The third-order valence-electron chi connectivity index (χ3n) is 4.16. The fraction of sp³-hybridized carbons (Fsp3) is 0.278. The van der Waals surface area contributed by atoms with Crippen molar-refractivity contribution in [2.24, 2.45) is 0 Å². The number of anilines is 1. The predicted molar refractivity (Wildman–Crippen MR) is 91.9 cm³/mol. The fourth-order valence-electron chi connectivity index (χ4n) is 2.87. The molecule has 4 nitrogen and oxygen atoms in total. The second kappa shape index (κ2) is 7.20. The Hall–Kier alpha value is -2.11. The number of aliphatic hydroxyl groups excluding tert-OH is 1. The number of benzene rings is 2. The van der Waals surface area contributed by atoms with E-state index in [9.17, 15) is 9.18 Å². The van der Waals surface area contributed by atoms with Gasteiger partial charge in [0.1, 0.15) is 5.82 Å². The number of aliphatic hydroxyl groups is 1. The van der Waals surface area contributed by atoms with Gasteiger partial charge in [-0.2, -0.15) is 0 Å². The van der Waals surface area contributed by atoms with Gasteiger partial charge in [-0.3, -0.25) is 4.79 Å². The van der Waals surface area contributed by atoms with Crippen molar-refractivity contribution < 1.29 is 14.3 Å². The van der Waals surface area contributed by atoms with Crippen molar-refractivity contribution in [3.05, 3.63) is 64.4 Å². The lowest BCUT2D eigenvalue weighted by molar-refractivity contribution is 0.0940. The van der Waals surface area contributed by atoms with Gasteiger partial charge in [-0.05, 0) is 42.3 Å². The van der Waals surface area contributed by atoms with Crippen molar-refractivity contribution in [3.8, 4) is 0 Å². The molecule has 3 rings (SSSR count). The third-order valence-corrected chi connectivity index (χ3v) is 4.47. The van der Waals surface area contributed by atoms with E-state index < -0.39 is 5.82 Å². The second-order valence-electron chi connectivity index (χ2n) is 5.86. The number of nitrogens with one attached hydrogen (secondary N) is 1. The van der Waals surface area contributed by atoms with Gasteiger partial charge in [0, 0.05) is 30.4 Å². The van der Waals surface area contributed by atoms with Crippen molar-refractivity contribution in [2.75, 3.05) is 18.0 Å². The number of rotatable bonds is 4. The molecule has 1 amide bonds. The Morgan fingerprint density at radius 3 is 2.92 bits per heavy atom. The average Bonchev–Trinajstić information content (AvgIpc) is 3.06. The van der Waals surface area contributed by atoms with Gasteiger partial charge in [-0.15, -0.1) is 0 Å². The smallest absolute Gasteiger partial charge is 0.251 e. The SMILES string of the molecule is O=C(N[C@H]1CCN(c2ccc(Cl)c(F)c2)C1)c1cccc(CO)c1. The van der Waals surface area contributed by atoms with Gasteiger partial charge in [0.25, 0.3) is 5.91 Å². The van der Waals surface area contributed by atoms with Gasteiger partial charge < -0.3 is 15.3 Å². The number of carbonyl (C=O) groups is 1. The van der Waals surface area contributed by atoms with Crippen LogP contribution in [0.1, 0.15) is 22.3 Å². The van der Waals surface area contributed by atoms with Crippen LogP contribution in [0, 0.1) is 5.82 Å². The molecule has 0 aromatic heterocycles. The van der Waals surface area contributed by atoms with Crippen LogP contribution in [0.3, 0.4) is 0 Å². The molecule has 0 spiro atoms. The van der Waals surface area contributed by atoms with Crippen LogP contribution in [0.25, 0.3) is 0 Å². The molecule has 0 aliphatic carbocycles. The number of amides is 1. The van der Waals surface area contributed by atoms with Crippen LogP contribution in [-0.4, -0.2) is 30.1 Å². The first-order valence-corrected chi connectivity index (χ1v) is 8.15. The van der Waals surface area contributed by atoms with Crippen LogP contribution < -0.4 is 10.2 Å². The molecule has 1 aliphatic heterocycles. The van der Waals surface area contributed by atoms with Crippen LogP contribution in [0.15, 0.2) is 42.5 Å². The van der Waals surface area contributed by atoms with E-state index in [1.807, 2.05) is 4.90 Å². The predicted octanol–water partition coefficient (Wildman–Crippen LogP) is 2.98. The molecule has 1 aliphatic rings. The summed E-state index contributed by atoms with van der Waals surface area (Å²) >= 11 is 5.71. The lowest BCUT2D eigenvalue weighted by Crippen LogP contribution is -2.37. The first-order chi connectivity index (χ1) is 11.6. The second-order valence-corrected chi connectivity index (χ2v) is 6.27. The molecule has 24 heavy (non-hydrogen) atoms. The Kier molecular flexibility index (Phi) is 5.02. The van der Waals surface area contributed by atoms with E-state index in [4.69, 9.17) is 16.7 Å². The molecule has 0 radical (unpaired) electrons. The van der Waals surface area contributed by atoms with Gasteiger partial charge in [0.2, 0.25) is 0 Å². The molecule has 6 heteroatoms. The zero-order chi connectivity index (χ0) is 17.1. The zero-order valence-electron chi connectivity index (χ0n) is 13.0. The monoisotopic (exact) mass is 348 g/mol. The number of carbonyl (C=O) groups excluding carboxylic acids is 1. The molecule has 0 unspecified atom stereocenters. The summed E-state index contributed by atoms with van der Waals surface area (Å²) in [6, 6.07) is 11.6. The van der Waals surface area contributed by atoms with Gasteiger partial charge in [0.15, 0.2) is 0 Å². The maximum absolute atomic E-state index is 13.6. The molecule has 1 fully saturated rings. The number of halogens is 2. The maximum atomic E-state index is 13.6. The van der Waals surface area contributed by atoms with Crippen LogP contribution in [0.5, 0.6) is 0 Å². The van der Waals surface area contributed by atoms with Crippen LogP contribution in [-0.2, 0) is 6.61 Å². The van der Waals surface area contributed by atoms with E-state index in [1.165, 1.54) is 6.07 Å². The van der Waals surface area contributed by atoms with Gasteiger partial charge >= 0.3 is 0 Å². The Morgan fingerprint density at radius 1 is 1.33 bits per heavy atom. The summed E-state index contributed by atoms with van der Waals surface area (Å²) in [4.78, 5) is 14.3. The van der Waals surface area contributed by atoms with Crippen molar-refractivity contribution in [2.45, 2.75) is 19.1 Å². The summed E-state index contributed by atoms with van der Waals surface area (Å²) in [5.74, 6) is -0.609. The van der Waals surface area contributed by atoms with Gasteiger partial charge in [0.05, 0.1) is 11.6 Å². The number of nitrogens with zero attached hydrogens (tertiary/aromatic N) is 1. The van der Waals surface area contributed by atoms with E-state index in [-0.39, 0.29) is 23.6 Å².